The van der Waals surface area contributed by atoms with E-state index in [9.17, 15) is 29.4 Å². The molecule has 12 nitrogen and oxygen atoms in total. The Morgan fingerprint density at radius 2 is 1.44 bits per heavy atom. The second-order valence-corrected chi connectivity index (χ2v) is 10.3. The van der Waals surface area contributed by atoms with Gasteiger partial charge in [-0.25, -0.2) is 0 Å². The molecule has 0 aliphatic heterocycles. The standard InChI is InChI=1S/C33H39N3O9/c1-21(37)31(36-32(41)24-11-15-25(43-2)16-12-24)33(42)34-19-29(39)35-27(28(38)18-30(40)44-3)17-22-9-13-26(14-10-22)45-20-23-7-5-4-6-8-23/h4-16,21,27-28,31,37-38H,17-20H2,1-3H3,(H,34,42)(H,35,39)(H,36,41)/t21-,27+,28-,31+/m1/s1. The van der Waals surface area contributed by atoms with Gasteiger partial charge in [-0.3, -0.25) is 19.2 Å². The van der Waals surface area contributed by atoms with Gasteiger partial charge in [0.05, 0.1) is 45.4 Å². The van der Waals surface area contributed by atoms with Gasteiger partial charge < -0.3 is 40.4 Å². The first kappa shape index (κ1) is 34.5. The number of methoxy groups -OCH3 is 2. The lowest BCUT2D eigenvalue weighted by molar-refractivity contribution is -0.143. The third kappa shape index (κ3) is 11.2. The summed E-state index contributed by atoms with van der Waals surface area (Å²) in [7, 11) is 2.68. The van der Waals surface area contributed by atoms with Crippen LogP contribution in [0.4, 0.5) is 0 Å². The Hall–Kier alpha value is -4.94. The summed E-state index contributed by atoms with van der Waals surface area (Å²) in [4.78, 5) is 50.1. The Balaban J connectivity index is 1.59. The number of amides is 3. The van der Waals surface area contributed by atoms with Crippen molar-refractivity contribution >= 4 is 23.7 Å². The number of rotatable bonds is 16. The molecule has 0 saturated heterocycles. The number of carbonyl (C=O) groups excluding carboxylic acids is 4. The fourth-order valence-electron chi connectivity index (χ4n) is 4.30. The first-order valence-corrected chi connectivity index (χ1v) is 14.3. The van der Waals surface area contributed by atoms with Crippen molar-refractivity contribution < 1.29 is 43.6 Å². The lowest BCUT2D eigenvalue weighted by Crippen LogP contribution is -2.55. The first-order valence-electron chi connectivity index (χ1n) is 14.3. The molecule has 0 aliphatic carbocycles. The SMILES string of the molecule is COC(=O)C[C@@H](O)[C@H](Cc1ccc(OCc2ccccc2)cc1)NC(=O)CNC(=O)[C@@H](NC(=O)c1ccc(OC)cc1)[C@@H](C)O. The number of esters is 1. The molecule has 0 bridgehead atoms. The predicted molar refractivity (Wildman–Crippen MR) is 164 cm³/mol. The Morgan fingerprint density at radius 1 is 0.800 bits per heavy atom. The summed E-state index contributed by atoms with van der Waals surface area (Å²) < 4.78 is 15.5. The van der Waals surface area contributed by atoms with Crippen molar-refractivity contribution in [1.29, 1.82) is 0 Å². The Kier molecular flexibility index (Phi) is 13.3. The lowest BCUT2D eigenvalue weighted by atomic mass is 9.99. The summed E-state index contributed by atoms with van der Waals surface area (Å²) in [6.45, 7) is 1.20. The first-order chi connectivity index (χ1) is 21.6. The molecule has 3 aromatic rings. The van der Waals surface area contributed by atoms with E-state index in [0.29, 0.717) is 18.1 Å². The van der Waals surface area contributed by atoms with Crippen molar-refractivity contribution in [1.82, 2.24) is 16.0 Å². The minimum absolute atomic E-state index is 0.158. The van der Waals surface area contributed by atoms with Crippen molar-refractivity contribution in [3.63, 3.8) is 0 Å². The molecule has 0 aromatic heterocycles. The van der Waals surface area contributed by atoms with Gasteiger partial charge in [-0.15, -0.1) is 0 Å². The molecule has 0 aliphatic rings. The molecule has 240 valence electrons. The molecule has 0 unspecified atom stereocenters. The molecule has 0 saturated carbocycles. The molecule has 0 spiro atoms. The zero-order valence-corrected chi connectivity index (χ0v) is 25.4. The van der Waals surface area contributed by atoms with Crippen LogP contribution >= 0.6 is 0 Å². The van der Waals surface area contributed by atoms with Gasteiger partial charge >= 0.3 is 5.97 Å². The molecule has 3 rings (SSSR count). The number of aliphatic hydroxyl groups is 2. The van der Waals surface area contributed by atoms with Gasteiger partial charge in [0.25, 0.3) is 5.91 Å². The smallest absolute Gasteiger partial charge is 0.308 e. The number of nitrogens with one attached hydrogen (secondary N) is 3. The molecule has 3 aromatic carbocycles. The van der Waals surface area contributed by atoms with Gasteiger partial charge in [0.2, 0.25) is 11.8 Å². The van der Waals surface area contributed by atoms with Gasteiger partial charge in [-0.1, -0.05) is 42.5 Å². The molecule has 45 heavy (non-hydrogen) atoms. The Bertz CT molecular complexity index is 1400. The molecular weight excluding hydrogens is 582 g/mol. The Labute approximate surface area is 261 Å². The fourth-order valence-corrected chi connectivity index (χ4v) is 4.30. The average Bonchev–Trinajstić information content (AvgIpc) is 3.05. The van der Waals surface area contributed by atoms with E-state index >= 15 is 0 Å². The highest BCUT2D eigenvalue weighted by Crippen LogP contribution is 2.17. The summed E-state index contributed by atoms with van der Waals surface area (Å²) in [6.07, 6.45) is -2.77. The van der Waals surface area contributed by atoms with E-state index in [2.05, 4.69) is 20.7 Å². The average molecular weight is 622 g/mol. The van der Waals surface area contributed by atoms with Crippen LogP contribution in [-0.2, 0) is 32.1 Å². The zero-order chi connectivity index (χ0) is 32.8. The topological polar surface area (TPSA) is 173 Å². The summed E-state index contributed by atoms with van der Waals surface area (Å²) in [6, 6.07) is 20.7. The highest BCUT2D eigenvalue weighted by atomic mass is 16.5. The number of benzene rings is 3. The number of ether oxygens (including phenoxy) is 3. The molecular formula is C33H39N3O9. The largest absolute Gasteiger partial charge is 0.497 e. The van der Waals surface area contributed by atoms with Crippen LogP contribution in [0, 0.1) is 0 Å². The normalized spacial score (nSPS) is 13.4. The van der Waals surface area contributed by atoms with Crippen LogP contribution in [0.15, 0.2) is 78.9 Å². The molecule has 5 N–H and O–H groups in total. The van der Waals surface area contributed by atoms with E-state index in [1.54, 1.807) is 36.4 Å². The summed E-state index contributed by atoms with van der Waals surface area (Å²) in [5.41, 5.74) is 2.00. The van der Waals surface area contributed by atoms with Gasteiger partial charge in [0.15, 0.2) is 0 Å². The van der Waals surface area contributed by atoms with E-state index in [-0.39, 0.29) is 18.4 Å². The van der Waals surface area contributed by atoms with Gasteiger partial charge in [-0.05, 0) is 60.9 Å². The molecule has 0 heterocycles. The quantitative estimate of drug-likeness (QED) is 0.149. The van der Waals surface area contributed by atoms with Crippen molar-refractivity contribution in [3.05, 3.63) is 95.6 Å². The van der Waals surface area contributed by atoms with E-state index < -0.39 is 54.5 Å². The van der Waals surface area contributed by atoms with E-state index in [4.69, 9.17) is 9.47 Å². The number of hydrogen-bond acceptors (Lipinski definition) is 9. The second-order valence-electron chi connectivity index (χ2n) is 10.3. The molecule has 3 amide bonds. The van der Waals surface area contributed by atoms with Crippen molar-refractivity contribution in [2.45, 2.75) is 50.7 Å². The fraction of sp³-hybridized carbons (Fsp3) is 0.333. The van der Waals surface area contributed by atoms with Gasteiger partial charge in [0.1, 0.15) is 24.1 Å². The molecule has 12 heteroatoms. The minimum Gasteiger partial charge on any atom is -0.497 e. The van der Waals surface area contributed by atoms with E-state index in [0.717, 1.165) is 11.1 Å². The molecule has 4 atom stereocenters. The summed E-state index contributed by atoms with van der Waals surface area (Å²) >= 11 is 0. The van der Waals surface area contributed by atoms with Gasteiger partial charge in [-0.2, -0.15) is 0 Å². The van der Waals surface area contributed by atoms with Gasteiger partial charge in [0, 0.05) is 5.56 Å². The highest BCUT2D eigenvalue weighted by molar-refractivity contribution is 5.98. The predicted octanol–water partition coefficient (Wildman–Crippen LogP) is 1.52. The maximum absolute atomic E-state index is 12.8. The second kappa shape index (κ2) is 17.4. The number of hydrogen-bond donors (Lipinski definition) is 5. The van der Waals surface area contributed by atoms with E-state index in [1.165, 1.54) is 33.3 Å². The van der Waals surface area contributed by atoms with Crippen molar-refractivity contribution in [3.8, 4) is 11.5 Å². The van der Waals surface area contributed by atoms with Crippen LogP contribution in [0.25, 0.3) is 0 Å². The molecule has 0 radical (unpaired) electrons. The van der Waals surface area contributed by atoms with Crippen LogP contribution in [0.2, 0.25) is 0 Å². The van der Waals surface area contributed by atoms with Crippen LogP contribution in [-0.4, -0.2) is 79.0 Å². The monoisotopic (exact) mass is 621 g/mol. The zero-order valence-electron chi connectivity index (χ0n) is 25.4. The third-order valence-corrected chi connectivity index (χ3v) is 6.87. The van der Waals surface area contributed by atoms with Crippen LogP contribution in [0.3, 0.4) is 0 Å². The maximum atomic E-state index is 12.8. The summed E-state index contributed by atoms with van der Waals surface area (Å²) in [5, 5.41) is 28.4. The lowest BCUT2D eigenvalue weighted by Gasteiger charge is -2.25. The summed E-state index contributed by atoms with van der Waals surface area (Å²) in [5.74, 6) is -1.54. The number of carbonyl (C=O) groups is 4. The van der Waals surface area contributed by atoms with Crippen LogP contribution < -0.4 is 25.4 Å². The number of aliphatic hydroxyl groups excluding tert-OH is 2. The molecule has 0 fully saturated rings. The van der Waals surface area contributed by atoms with Crippen molar-refractivity contribution in [2.24, 2.45) is 0 Å². The third-order valence-electron chi connectivity index (χ3n) is 6.87. The van der Waals surface area contributed by atoms with E-state index in [1.807, 2.05) is 30.3 Å². The maximum Gasteiger partial charge on any atom is 0.308 e. The Morgan fingerprint density at radius 3 is 2.04 bits per heavy atom. The van der Waals surface area contributed by atoms with Crippen LogP contribution in [0.5, 0.6) is 11.5 Å². The highest BCUT2D eigenvalue weighted by Gasteiger charge is 2.28. The van der Waals surface area contributed by atoms with Crippen LogP contribution in [0.1, 0.15) is 34.8 Å². The van der Waals surface area contributed by atoms with Crippen molar-refractivity contribution in [2.75, 3.05) is 20.8 Å². The minimum atomic E-state index is -1.35.